The predicted molar refractivity (Wildman–Crippen MR) is 62.0 cm³/mol. The lowest BCUT2D eigenvalue weighted by molar-refractivity contribution is 0.738. The maximum atomic E-state index is 11.8. The topological polar surface area (TPSA) is 76.7 Å². The molecular formula is C11H14N4O. The van der Waals surface area contributed by atoms with Gasteiger partial charge in [-0.05, 0) is 25.1 Å². The number of H-pyrrole nitrogens is 1. The summed E-state index contributed by atoms with van der Waals surface area (Å²) in [5.74, 6) is 0. The average molecular weight is 218 g/mol. The number of aromatic nitrogens is 3. The summed E-state index contributed by atoms with van der Waals surface area (Å²) in [6, 6.07) is 5.60. The molecule has 2 aromatic heterocycles. The molecule has 0 amide bonds. The molecule has 2 rings (SSSR count). The Morgan fingerprint density at radius 3 is 2.94 bits per heavy atom. The van der Waals surface area contributed by atoms with Crippen LogP contribution < -0.4 is 11.3 Å². The van der Waals surface area contributed by atoms with Gasteiger partial charge in [-0.25, -0.2) is 0 Å². The lowest BCUT2D eigenvalue weighted by Crippen LogP contribution is -2.17. The van der Waals surface area contributed by atoms with E-state index in [2.05, 4.69) is 10.1 Å². The molecule has 5 nitrogen and oxygen atoms in total. The Balaban J connectivity index is 2.57. The molecule has 2 heterocycles. The largest absolute Gasteiger partial charge is 0.330 e. The average Bonchev–Trinajstić information content (AvgIpc) is 2.59. The highest BCUT2D eigenvalue weighted by Gasteiger charge is 2.13. The van der Waals surface area contributed by atoms with Crippen molar-refractivity contribution in [2.45, 2.75) is 6.42 Å². The fraction of sp³-hybridized carbons (Fsp3) is 0.273. The second kappa shape index (κ2) is 4.32. The summed E-state index contributed by atoms with van der Waals surface area (Å²) >= 11 is 0. The summed E-state index contributed by atoms with van der Waals surface area (Å²) in [6.07, 6.45) is 2.26. The van der Waals surface area contributed by atoms with Gasteiger partial charge in [-0.15, -0.1) is 0 Å². The van der Waals surface area contributed by atoms with Crippen LogP contribution in [0.5, 0.6) is 0 Å². The highest BCUT2D eigenvalue weighted by molar-refractivity contribution is 5.58. The van der Waals surface area contributed by atoms with Gasteiger partial charge in [-0.2, -0.15) is 0 Å². The normalized spacial score (nSPS) is 10.6. The lowest BCUT2D eigenvalue weighted by Gasteiger charge is -1.99. The van der Waals surface area contributed by atoms with Crippen molar-refractivity contribution in [3.05, 3.63) is 40.3 Å². The molecule has 16 heavy (non-hydrogen) atoms. The van der Waals surface area contributed by atoms with Crippen molar-refractivity contribution >= 4 is 0 Å². The van der Waals surface area contributed by atoms with E-state index in [1.54, 1.807) is 13.2 Å². The molecule has 0 saturated carbocycles. The lowest BCUT2D eigenvalue weighted by atomic mass is 10.1. The standard InChI is InChI=1S/C11H14N4O/c1-15-11(16)8(5-6-12)10(14-15)9-4-2-3-7-13-9/h2-4,7,14H,5-6,12H2,1H3. The second-order valence-electron chi connectivity index (χ2n) is 3.58. The first-order valence-corrected chi connectivity index (χ1v) is 5.13. The minimum atomic E-state index is -0.0360. The molecule has 0 saturated heterocycles. The van der Waals surface area contributed by atoms with E-state index < -0.39 is 0 Å². The summed E-state index contributed by atoms with van der Waals surface area (Å²) in [5.41, 5.74) is 7.69. The number of nitrogens with two attached hydrogens (primary N) is 1. The van der Waals surface area contributed by atoms with Crippen LogP contribution in [0, 0.1) is 0 Å². The number of aromatic amines is 1. The quantitative estimate of drug-likeness (QED) is 0.776. The van der Waals surface area contributed by atoms with Crippen LogP contribution in [0.25, 0.3) is 11.4 Å². The molecule has 0 atom stereocenters. The minimum absolute atomic E-state index is 0.0360. The first-order chi connectivity index (χ1) is 7.74. The fourth-order valence-electron chi connectivity index (χ4n) is 1.69. The molecule has 0 unspecified atom stereocenters. The zero-order chi connectivity index (χ0) is 11.5. The maximum absolute atomic E-state index is 11.8. The van der Waals surface area contributed by atoms with Crippen LogP contribution in [0.3, 0.4) is 0 Å². The zero-order valence-electron chi connectivity index (χ0n) is 9.10. The van der Waals surface area contributed by atoms with Crippen molar-refractivity contribution in [3.8, 4) is 11.4 Å². The molecule has 0 radical (unpaired) electrons. The smallest absolute Gasteiger partial charge is 0.270 e. The number of rotatable bonds is 3. The Labute approximate surface area is 92.9 Å². The zero-order valence-corrected chi connectivity index (χ0v) is 9.10. The van der Waals surface area contributed by atoms with E-state index in [-0.39, 0.29) is 5.56 Å². The number of hydrogen-bond donors (Lipinski definition) is 2. The van der Waals surface area contributed by atoms with Gasteiger partial charge in [-0.3, -0.25) is 19.6 Å². The third-order valence-electron chi connectivity index (χ3n) is 2.46. The Bertz CT molecular complexity index is 527. The van der Waals surface area contributed by atoms with E-state index in [0.717, 1.165) is 11.4 Å². The molecule has 0 fully saturated rings. The number of aryl methyl sites for hydroxylation is 1. The van der Waals surface area contributed by atoms with Gasteiger partial charge in [0.25, 0.3) is 5.56 Å². The SMILES string of the molecule is Cn1[nH]c(-c2ccccn2)c(CCN)c1=O. The predicted octanol–water partition coefficient (Wildman–Crippen LogP) is 0.277. The van der Waals surface area contributed by atoms with Crippen LogP contribution in [0.2, 0.25) is 0 Å². The fourth-order valence-corrected chi connectivity index (χ4v) is 1.69. The van der Waals surface area contributed by atoms with Crippen molar-refractivity contribution in [1.29, 1.82) is 0 Å². The van der Waals surface area contributed by atoms with Gasteiger partial charge in [0.2, 0.25) is 0 Å². The van der Waals surface area contributed by atoms with Crippen molar-refractivity contribution in [2.24, 2.45) is 12.8 Å². The first-order valence-electron chi connectivity index (χ1n) is 5.13. The minimum Gasteiger partial charge on any atom is -0.330 e. The van der Waals surface area contributed by atoms with E-state index in [0.29, 0.717) is 18.5 Å². The molecule has 3 N–H and O–H groups in total. The van der Waals surface area contributed by atoms with E-state index in [9.17, 15) is 4.79 Å². The molecular weight excluding hydrogens is 204 g/mol. The Kier molecular flexibility index (Phi) is 2.87. The van der Waals surface area contributed by atoms with Crippen molar-refractivity contribution < 1.29 is 0 Å². The third kappa shape index (κ3) is 1.77. The molecule has 0 aliphatic rings. The summed E-state index contributed by atoms with van der Waals surface area (Å²) in [5, 5.41) is 3.00. The van der Waals surface area contributed by atoms with Crippen LogP contribution in [-0.4, -0.2) is 21.3 Å². The summed E-state index contributed by atoms with van der Waals surface area (Å²) < 4.78 is 1.45. The molecule has 0 spiro atoms. The number of hydrogen-bond acceptors (Lipinski definition) is 3. The van der Waals surface area contributed by atoms with Gasteiger partial charge in [0.15, 0.2) is 0 Å². The van der Waals surface area contributed by atoms with Crippen molar-refractivity contribution in [2.75, 3.05) is 6.54 Å². The third-order valence-corrected chi connectivity index (χ3v) is 2.46. The molecule has 0 aliphatic carbocycles. The monoisotopic (exact) mass is 218 g/mol. The Morgan fingerprint density at radius 2 is 2.31 bits per heavy atom. The summed E-state index contributed by atoms with van der Waals surface area (Å²) in [4.78, 5) is 16.0. The van der Waals surface area contributed by atoms with Gasteiger partial charge in [0, 0.05) is 18.8 Å². The van der Waals surface area contributed by atoms with E-state index in [1.165, 1.54) is 4.68 Å². The molecule has 0 aliphatic heterocycles. The molecule has 84 valence electrons. The Hall–Kier alpha value is -1.88. The molecule has 5 heteroatoms. The van der Waals surface area contributed by atoms with Crippen LogP contribution in [0.1, 0.15) is 5.56 Å². The second-order valence-corrected chi connectivity index (χ2v) is 3.58. The van der Waals surface area contributed by atoms with Gasteiger partial charge >= 0.3 is 0 Å². The highest BCUT2D eigenvalue weighted by Crippen LogP contribution is 2.16. The van der Waals surface area contributed by atoms with Crippen LogP contribution in [0.15, 0.2) is 29.2 Å². The Morgan fingerprint density at radius 1 is 1.50 bits per heavy atom. The maximum Gasteiger partial charge on any atom is 0.270 e. The highest BCUT2D eigenvalue weighted by atomic mass is 16.1. The number of nitrogens with one attached hydrogen (secondary N) is 1. The summed E-state index contributed by atoms with van der Waals surface area (Å²) in [7, 11) is 1.69. The van der Waals surface area contributed by atoms with E-state index in [4.69, 9.17) is 5.73 Å². The van der Waals surface area contributed by atoms with Gasteiger partial charge in [-0.1, -0.05) is 6.07 Å². The van der Waals surface area contributed by atoms with E-state index >= 15 is 0 Å². The van der Waals surface area contributed by atoms with Crippen LogP contribution in [0.4, 0.5) is 0 Å². The van der Waals surface area contributed by atoms with Crippen LogP contribution in [-0.2, 0) is 13.5 Å². The van der Waals surface area contributed by atoms with E-state index in [1.807, 2.05) is 18.2 Å². The molecule has 0 aromatic carbocycles. The van der Waals surface area contributed by atoms with Gasteiger partial charge < -0.3 is 5.73 Å². The van der Waals surface area contributed by atoms with Crippen molar-refractivity contribution in [1.82, 2.24) is 14.8 Å². The number of pyridine rings is 1. The van der Waals surface area contributed by atoms with Crippen LogP contribution >= 0.6 is 0 Å². The van der Waals surface area contributed by atoms with Gasteiger partial charge in [0.05, 0.1) is 11.4 Å². The van der Waals surface area contributed by atoms with Gasteiger partial charge in [0.1, 0.15) is 0 Å². The summed E-state index contributed by atoms with van der Waals surface area (Å²) in [6.45, 7) is 0.451. The van der Waals surface area contributed by atoms with Crippen molar-refractivity contribution in [3.63, 3.8) is 0 Å². The first kappa shape index (κ1) is 10.6. The molecule has 0 bridgehead atoms. The molecule has 2 aromatic rings. The number of nitrogens with zero attached hydrogens (tertiary/aromatic N) is 2.